The Kier molecular flexibility index (Phi) is 4.38. The van der Waals surface area contributed by atoms with Crippen LogP contribution in [0.4, 0.5) is 0 Å². The molecule has 0 aromatic heterocycles. The quantitative estimate of drug-likeness (QED) is 0.256. The minimum absolute atomic E-state index is 0.0495. The van der Waals surface area contributed by atoms with Crippen LogP contribution in [-0.4, -0.2) is 28.0 Å². The number of hydrogen-bond acceptors (Lipinski definition) is 3. The molecule has 6 rings (SSSR count). The SMILES string of the molecule is O=C1C=C2CC=C(C34CC5CC(CC(C5)C3)C4)NC(=NCCCO)I2N1. The van der Waals surface area contributed by atoms with Crippen molar-refractivity contribution in [3.8, 4) is 0 Å². The van der Waals surface area contributed by atoms with Crippen LogP contribution in [0.25, 0.3) is 0 Å². The molecule has 0 saturated heterocycles. The van der Waals surface area contributed by atoms with E-state index in [1.54, 1.807) is 0 Å². The molecule has 142 valence electrons. The molecule has 0 spiro atoms. The van der Waals surface area contributed by atoms with Crippen molar-refractivity contribution in [2.24, 2.45) is 28.2 Å². The van der Waals surface area contributed by atoms with Gasteiger partial charge in [-0.05, 0) is 0 Å². The third-order valence-electron chi connectivity index (χ3n) is 6.81. The van der Waals surface area contributed by atoms with Crippen LogP contribution in [0.3, 0.4) is 0 Å². The average molecular weight is 469 g/mol. The van der Waals surface area contributed by atoms with E-state index in [1.165, 1.54) is 47.8 Å². The number of carbonyl (C=O) groups excluding carboxylic acids is 1. The van der Waals surface area contributed by atoms with Gasteiger partial charge in [0.2, 0.25) is 0 Å². The Morgan fingerprint density at radius 3 is 2.54 bits per heavy atom. The van der Waals surface area contributed by atoms with Crippen LogP contribution in [-0.2, 0) is 4.79 Å². The van der Waals surface area contributed by atoms with Crippen molar-refractivity contribution in [1.29, 1.82) is 0 Å². The fourth-order valence-corrected chi connectivity index (χ4v) is 10.6. The van der Waals surface area contributed by atoms with E-state index in [4.69, 9.17) is 10.1 Å². The van der Waals surface area contributed by atoms with Crippen LogP contribution in [0.2, 0.25) is 0 Å². The third-order valence-corrected chi connectivity index (χ3v) is 11.7. The Hall–Kier alpha value is -0.890. The second-order valence-electron chi connectivity index (χ2n) is 8.73. The summed E-state index contributed by atoms with van der Waals surface area (Å²) in [6, 6.07) is 0. The number of aliphatic hydroxyl groups is 1. The summed E-state index contributed by atoms with van der Waals surface area (Å²) in [6.07, 6.45) is 14.1. The van der Waals surface area contributed by atoms with Gasteiger partial charge in [0.05, 0.1) is 0 Å². The molecule has 26 heavy (non-hydrogen) atoms. The van der Waals surface area contributed by atoms with Crippen LogP contribution in [0.1, 0.15) is 51.4 Å². The van der Waals surface area contributed by atoms with E-state index in [1.807, 2.05) is 6.08 Å². The van der Waals surface area contributed by atoms with Crippen LogP contribution in [0.5, 0.6) is 0 Å². The van der Waals surface area contributed by atoms with Gasteiger partial charge in [0, 0.05) is 0 Å². The fraction of sp³-hybridized carbons (Fsp3) is 0.700. The zero-order valence-corrected chi connectivity index (χ0v) is 17.3. The van der Waals surface area contributed by atoms with Crippen LogP contribution in [0, 0.1) is 23.2 Å². The molecule has 0 radical (unpaired) electrons. The predicted octanol–water partition coefficient (Wildman–Crippen LogP) is 3.25. The first kappa shape index (κ1) is 17.2. The van der Waals surface area contributed by atoms with E-state index in [0.29, 0.717) is 18.4 Å². The van der Waals surface area contributed by atoms with Gasteiger partial charge in [0.25, 0.3) is 0 Å². The summed E-state index contributed by atoms with van der Waals surface area (Å²) in [5, 5.41) is 12.9. The average Bonchev–Trinajstić information content (AvgIpc) is 2.88. The van der Waals surface area contributed by atoms with E-state index in [-0.39, 0.29) is 12.5 Å². The van der Waals surface area contributed by atoms with Crippen molar-refractivity contribution < 1.29 is 9.90 Å². The number of aliphatic hydroxyl groups excluding tert-OH is 1. The molecule has 1 amide bonds. The Balaban J connectivity index is 1.46. The summed E-state index contributed by atoms with van der Waals surface area (Å²) in [5.41, 5.74) is 1.73. The summed E-state index contributed by atoms with van der Waals surface area (Å²) in [6.45, 7) is 0.793. The molecular formula is C20H28IN3O2. The van der Waals surface area contributed by atoms with Gasteiger partial charge < -0.3 is 0 Å². The van der Waals surface area contributed by atoms with Crippen molar-refractivity contribution in [3.63, 3.8) is 0 Å². The van der Waals surface area contributed by atoms with E-state index < -0.39 is 20.1 Å². The molecule has 5 nitrogen and oxygen atoms in total. The van der Waals surface area contributed by atoms with Crippen LogP contribution in [0.15, 0.2) is 26.4 Å². The molecular weight excluding hydrogens is 441 g/mol. The number of halogens is 1. The number of amides is 1. The molecule has 0 aromatic carbocycles. The van der Waals surface area contributed by atoms with E-state index >= 15 is 0 Å². The molecule has 0 unspecified atom stereocenters. The van der Waals surface area contributed by atoms with Gasteiger partial charge >= 0.3 is 163 Å². The number of carbonyl (C=O) groups is 1. The zero-order chi connectivity index (χ0) is 17.7. The molecule has 0 aromatic rings. The van der Waals surface area contributed by atoms with Crippen molar-refractivity contribution in [3.05, 3.63) is 21.4 Å². The van der Waals surface area contributed by atoms with E-state index in [2.05, 4.69) is 14.9 Å². The standard InChI is InChI=1S/C20H28IN3O2/c25-5-1-4-22-19-21-16(9-18(26)24-21)2-3-17(23-19)20-10-13-6-14(11-20)8-15(7-13)12-20/h3,9,13-15,25H,1-2,4-8,10-12H2,(H,22,23)(H,24,26). The van der Waals surface area contributed by atoms with Gasteiger partial charge in [-0.1, -0.05) is 0 Å². The number of hydrogen-bond donors (Lipinski definition) is 3. The topological polar surface area (TPSA) is 73.7 Å². The van der Waals surface area contributed by atoms with Gasteiger partial charge in [-0.25, -0.2) is 0 Å². The summed E-state index contributed by atoms with van der Waals surface area (Å²) in [7, 11) is 0. The fourth-order valence-electron chi connectivity index (χ4n) is 6.22. The summed E-state index contributed by atoms with van der Waals surface area (Å²) in [4.78, 5) is 16.7. The number of aliphatic imine (C=N–C) groups is 1. The molecule has 4 fully saturated rings. The first-order valence-electron chi connectivity index (χ1n) is 9.99. The molecule has 6 heteroatoms. The number of rotatable bonds is 4. The Morgan fingerprint density at radius 2 is 1.88 bits per heavy atom. The van der Waals surface area contributed by atoms with Gasteiger partial charge in [-0.2, -0.15) is 0 Å². The predicted molar refractivity (Wildman–Crippen MR) is 111 cm³/mol. The first-order valence-corrected chi connectivity index (χ1v) is 13.2. The second-order valence-corrected chi connectivity index (χ2v) is 13.3. The number of nitrogens with zero attached hydrogens (tertiary/aromatic N) is 1. The molecule has 2 aliphatic heterocycles. The van der Waals surface area contributed by atoms with Crippen molar-refractivity contribution >= 4 is 29.8 Å². The monoisotopic (exact) mass is 469 g/mol. The third kappa shape index (κ3) is 2.93. The van der Waals surface area contributed by atoms with E-state index in [9.17, 15) is 4.79 Å². The van der Waals surface area contributed by atoms with E-state index in [0.717, 1.165) is 28.0 Å². The second kappa shape index (κ2) is 6.62. The van der Waals surface area contributed by atoms with Gasteiger partial charge in [-0.15, -0.1) is 0 Å². The Bertz CT molecular complexity index is 677. The van der Waals surface area contributed by atoms with Crippen molar-refractivity contribution in [1.82, 2.24) is 8.85 Å². The van der Waals surface area contributed by atoms with Crippen LogP contribution >= 0.6 is 20.1 Å². The summed E-state index contributed by atoms with van der Waals surface area (Å²) < 4.78 is 5.50. The van der Waals surface area contributed by atoms with Crippen molar-refractivity contribution in [2.45, 2.75) is 51.4 Å². The molecule has 6 aliphatic rings. The van der Waals surface area contributed by atoms with Gasteiger partial charge in [0.1, 0.15) is 0 Å². The normalized spacial score (nSPS) is 40.7. The first-order chi connectivity index (χ1) is 12.6. The number of fused-ring (bicyclic) bond motifs is 1. The maximum atomic E-state index is 11.9. The molecule has 4 saturated carbocycles. The number of amidine groups is 1. The maximum absolute atomic E-state index is 11.9. The Morgan fingerprint density at radius 1 is 1.19 bits per heavy atom. The number of nitrogens with one attached hydrogen (secondary N) is 2. The Labute approximate surface area is 162 Å². The molecule has 0 atom stereocenters. The zero-order valence-electron chi connectivity index (χ0n) is 15.1. The molecule has 4 aliphatic carbocycles. The van der Waals surface area contributed by atoms with Crippen molar-refractivity contribution in [2.75, 3.05) is 13.2 Å². The minimum atomic E-state index is -1.92. The molecule has 4 bridgehead atoms. The van der Waals surface area contributed by atoms with Gasteiger partial charge in [0.15, 0.2) is 0 Å². The van der Waals surface area contributed by atoms with Gasteiger partial charge in [-0.3, -0.25) is 0 Å². The molecule has 2 heterocycles. The molecule has 3 N–H and O–H groups in total. The number of allylic oxidation sites excluding steroid dienone is 3. The summed E-state index contributed by atoms with van der Waals surface area (Å²) >= 11 is -1.92. The summed E-state index contributed by atoms with van der Waals surface area (Å²) in [5.74, 6) is 2.80. The van der Waals surface area contributed by atoms with Crippen LogP contribution < -0.4 is 8.85 Å².